The maximum atomic E-state index is 12.3. The zero-order valence-electron chi connectivity index (χ0n) is 15.2. The van der Waals surface area contributed by atoms with Crippen molar-refractivity contribution < 1.29 is 4.79 Å². The Hall–Kier alpha value is -2.20. The lowest BCUT2D eigenvalue weighted by atomic mass is 10.1. The van der Waals surface area contributed by atoms with Crippen LogP contribution < -0.4 is 5.32 Å². The summed E-state index contributed by atoms with van der Waals surface area (Å²) < 4.78 is 0. The number of amides is 1. The van der Waals surface area contributed by atoms with E-state index in [9.17, 15) is 4.79 Å². The third-order valence-electron chi connectivity index (χ3n) is 4.88. The van der Waals surface area contributed by atoms with Crippen LogP contribution in [0.3, 0.4) is 0 Å². The summed E-state index contributed by atoms with van der Waals surface area (Å²) in [6, 6.07) is 12.0. The average Bonchev–Trinajstić information content (AvgIpc) is 3.08. The number of carbonyl (C=O) groups excluding carboxylic acids is 1. The van der Waals surface area contributed by atoms with Crippen LogP contribution in [0.2, 0.25) is 0 Å². The number of hydrogen-bond acceptors (Lipinski definition) is 3. The minimum atomic E-state index is 0.0268. The van der Waals surface area contributed by atoms with Crippen molar-refractivity contribution in [2.24, 2.45) is 5.92 Å². The molecule has 1 saturated heterocycles. The van der Waals surface area contributed by atoms with Crippen LogP contribution in [0, 0.1) is 12.8 Å². The molecule has 2 aromatic rings. The number of pyridine rings is 1. The predicted molar refractivity (Wildman–Crippen MR) is 101 cm³/mol. The van der Waals surface area contributed by atoms with E-state index in [1.54, 1.807) is 0 Å². The van der Waals surface area contributed by atoms with Gasteiger partial charge in [-0.3, -0.25) is 14.7 Å². The third-order valence-corrected chi connectivity index (χ3v) is 4.88. The molecule has 1 aliphatic rings. The van der Waals surface area contributed by atoms with E-state index in [4.69, 9.17) is 0 Å². The molecule has 0 aliphatic carbocycles. The Morgan fingerprint density at radius 3 is 2.92 bits per heavy atom. The van der Waals surface area contributed by atoms with Crippen LogP contribution in [0.25, 0.3) is 0 Å². The first-order valence-corrected chi connectivity index (χ1v) is 9.15. The van der Waals surface area contributed by atoms with E-state index in [2.05, 4.69) is 34.3 Å². The molecular formula is C21H27N3O. The Bertz CT molecular complexity index is 711. The molecular weight excluding hydrogens is 310 g/mol. The van der Waals surface area contributed by atoms with Crippen LogP contribution in [0.4, 0.5) is 0 Å². The molecule has 0 saturated carbocycles. The van der Waals surface area contributed by atoms with Gasteiger partial charge >= 0.3 is 0 Å². The highest BCUT2D eigenvalue weighted by molar-refractivity contribution is 5.94. The number of nitrogens with one attached hydrogen (secondary N) is 1. The minimum absolute atomic E-state index is 0.0268. The molecule has 2 heterocycles. The van der Waals surface area contributed by atoms with Crippen molar-refractivity contribution in [2.75, 3.05) is 19.6 Å². The van der Waals surface area contributed by atoms with Gasteiger partial charge in [-0.25, -0.2) is 0 Å². The predicted octanol–water partition coefficient (Wildman–Crippen LogP) is 3.20. The van der Waals surface area contributed by atoms with E-state index < -0.39 is 0 Å². The highest BCUT2D eigenvalue weighted by atomic mass is 16.1. The van der Waals surface area contributed by atoms with E-state index >= 15 is 0 Å². The third kappa shape index (κ3) is 4.89. The molecule has 1 amide bonds. The van der Waals surface area contributed by atoms with Crippen molar-refractivity contribution in [3.05, 3.63) is 65.0 Å². The molecule has 1 aromatic heterocycles. The van der Waals surface area contributed by atoms with Crippen molar-refractivity contribution in [3.63, 3.8) is 0 Å². The van der Waals surface area contributed by atoms with Gasteiger partial charge in [0.15, 0.2) is 0 Å². The lowest BCUT2D eigenvalue weighted by molar-refractivity contribution is 0.0947. The topological polar surface area (TPSA) is 45.2 Å². The molecule has 1 aliphatic heterocycles. The first-order valence-electron chi connectivity index (χ1n) is 9.15. The number of aromatic nitrogens is 1. The molecule has 0 radical (unpaired) electrons. The highest BCUT2D eigenvalue weighted by Crippen LogP contribution is 2.18. The van der Waals surface area contributed by atoms with E-state index in [0.29, 0.717) is 5.92 Å². The Labute approximate surface area is 150 Å². The molecule has 0 unspecified atom stereocenters. The molecule has 0 bridgehead atoms. The summed E-state index contributed by atoms with van der Waals surface area (Å²) in [5.74, 6) is 0.544. The Morgan fingerprint density at radius 2 is 2.20 bits per heavy atom. The SMILES string of the molecule is CCc1ccc(CN2CC[C@H](CNC(=O)c3cccc(C)c3)C2)nc1. The van der Waals surface area contributed by atoms with Gasteiger partial charge in [0.1, 0.15) is 0 Å². The lowest BCUT2D eigenvalue weighted by Crippen LogP contribution is -2.31. The van der Waals surface area contributed by atoms with Crippen LogP contribution in [0.1, 0.15) is 40.5 Å². The van der Waals surface area contributed by atoms with Gasteiger partial charge in [-0.15, -0.1) is 0 Å². The van der Waals surface area contributed by atoms with Crippen molar-refractivity contribution in [3.8, 4) is 0 Å². The molecule has 1 aromatic carbocycles. The second-order valence-corrected chi connectivity index (χ2v) is 6.98. The smallest absolute Gasteiger partial charge is 0.251 e. The second-order valence-electron chi connectivity index (χ2n) is 6.98. The standard InChI is InChI=1S/C21H27N3O/c1-3-17-7-8-20(22-12-17)15-24-10-9-18(14-24)13-23-21(25)19-6-4-5-16(2)11-19/h4-8,11-12,18H,3,9-10,13-15H2,1-2H3,(H,23,25)/t18-/m1/s1. The summed E-state index contributed by atoms with van der Waals surface area (Å²) >= 11 is 0. The normalized spacial score (nSPS) is 17.6. The van der Waals surface area contributed by atoms with Crippen molar-refractivity contribution in [2.45, 2.75) is 33.2 Å². The van der Waals surface area contributed by atoms with Gasteiger partial charge in [0.2, 0.25) is 0 Å². The van der Waals surface area contributed by atoms with Gasteiger partial charge in [0.05, 0.1) is 5.69 Å². The van der Waals surface area contributed by atoms with E-state index in [1.165, 1.54) is 5.56 Å². The first kappa shape index (κ1) is 17.6. The Balaban J connectivity index is 1.45. The fourth-order valence-electron chi connectivity index (χ4n) is 3.34. The number of likely N-dealkylation sites (tertiary alicyclic amines) is 1. The number of benzene rings is 1. The highest BCUT2D eigenvalue weighted by Gasteiger charge is 2.23. The number of rotatable bonds is 6. The number of carbonyl (C=O) groups is 1. The summed E-state index contributed by atoms with van der Waals surface area (Å²) in [4.78, 5) is 19.2. The molecule has 4 nitrogen and oxygen atoms in total. The Morgan fingerprint density at radius 1 is 1.32 bits per heavy atom. The van der Waals surface area contributed by atoms with Crippen LogP contribution in [0.15, 0.2) is 42.6 Å². The molecule has 132 valence electrons. The molecule has 1 atom stereocenters. The molecule has 4 heteroatoms. The maximum absolute atomic E-state index is 12.3. The first-order chi connectivity index (χ1) is 12.1. The van der Waals surface area contributed by atoms with Gasteiger partial charge in [-0.1, -0.05) is 30.7 Å². The summed E-state index contributed by atoms with van der Waals surface area (Å²) in [5.41, 5.74) is 4.26. The van der Waals surface area contributed by atoms with E-state index in [-0.39, 0.29) is 5.91 Å². The van der Waals surface area contributed by atoms with Crippen molar-refractivity contribution in [1.29, 1.82) is 0 Å². The Kier molecular flexibility index (Phi) is 5.82. The monoisotopic (exact) mass is 337 g/mol. The number of aryl methyl sites for hydroxylation is 2. The zero-order chi connectivity index (χ0) is 17.6. The molecule has 1 N–H and O–H groups in total. The van der Waals surface area contributed by atoms with Crippen molar-refractivity contribution in [1.82, 2.24) is 15.2 Å². The molecule has 1 fully saturated rings. The number of hydrogen-bond donors (Lipinski definition) is 1. The van der Waals surface area contributed by atoms with Gasteiger partial charge in [-0.05, 0) is 56.0 Å². The van der Waals surface area contributed by atoms with Gasteiger partial charge in [-0.2, -0.15) is 0 Å². The van der Waals surface area contributed by atoms with E-state index in [0.717, 1.165) is 55.8 Å². The van der Waals surface area contributed by atoms with Gasteiger partial charge in [0, 0.05) is 31.4 Å². The summed E-state index contributed by atoms with van der Waals surface area (Å²) in [6.45, 7) is 7.88. The fraction of sp³-hybridized carbons (Fsp3) is 0.429. The maximum Gasteiger partial charge on any atom is 0.251 e. The fourth-order valence-corrected chi connectivity index (χ4v) is 3.34. The van der Waals surface area contributed by atoms with Crippen LogP contribution in [-0.4, -0.2) is 35.4 Å². The van der Waals surface area contributed by atoms with Crippen LogP contribution >= 0.6 is 0 Å². The second kappa shape index (κ2) is 8.26. The minimum Gasteiger partial charge on any atom is -0.352 e. The molecule has 0 spiro atoms. The molecule has 3 rings (SSSR count). The van der Waals surface area contributed by atoms with Gasteiger partial charge in [0.25, 0.3) is 5.91 Å². The summed E-state index contributed by atoms with van der Waals surface area (Å²) in [5, 5.41) is 3.09. The average molecular weight is 337 g/mol. The number of nitrogens with zero attached hydrogens (tertiary/aromatic N) is 2. The van der Waals surface area contributed by atoms with Gasteiger partial charge < -0.3 is 5.32 Å². The van der Waals surface area contributed by atoms with E-state index in [1.807, 2.05) is 37.4 Å². The van der Waals surface area contributed by atoms with Crippen LogP contribution in [-0.2, 0) is 13.0 Å². The zero-order valence-corrected chi connectivity index (χ0v) is 15.2. The molecule has 25 heavy (non-hydrogen) atoms. The largest absolute Gasteiger partial charge is 0.352 e. The summed E-state index contributed by atoms with van der Waals surface area (Å²) in [6.07, 6.45) is 4.13. The quantitative estimate of drug-likeness (QED) is 0.880. The summed E-state index contributed by atoms with van der Waals surface area (Å²) in [7, 11) is 0. The lowest BCUT2D eigenvalue weighted by Gasteiger charge is -2.16. The van der Waals surface area contributed by atoms with Crippen molar-refractivity contribution >= 4 is 5.91 Å². The van der Waals surface area contributed by atoms with Crippen LogP contribution in [0.5, 0.6) is 0 Å².